The van der Waals surface area contributed by atoms with Gasteiger partial charge in [0.05, 0.1) is 29.1 Å². The molecule has 35 heavy (non-hydrogen) atoms. The molecule has 0 spiro atoms. The molecule has 1 aromatic heterocycles. The molecule has 0 radical (unpaired) electrons. The van der Waals surface area contributed by atoms with Crippen molar-refractivity contribution in [2.75, 3.05) is 6.61 Å². The number of esters is 1. The Balaban J connectivity index is 1.54. The van der Waals surface area contributed by atoms with Gasteiger partial charge in [-0.25, -0.2) is 9.48 Å². The predicted molar refractivity (Wildman–Crippen MR) is 136 cm³/mol. The zero-order valence-corrected chi connectivity index (χ0v) is 20.3. The second kappa shape index (κ2) is 11.0. The van der Waals surface area contributed by atoms with Gasteiger partial charge in [0.25, 0.3) is 5.91 Å². The molecule has 7 heteroatoms. The van der Waals surface area contributed by atoms with Crippen LogP contribution in [0.5, 0.6) is 0 Å². The summed E-state index contributed by atoms with van der Waals surface area (Å²) in [7, 11) is 0. The minimum Gasteiger partial charge on any atom is -0.461 e. The molecular formula is C28H26ClN3O3. The summed E-state index contributed by atoms with van der Waals surface area (Å²) in [5.74, 6) is -0.746. The summed E-state index contributed by atoms with van der Waals surface area (Å²) >= 11 is 6.31. The van der Waals surface area contributed by atoms with E-state index in [1.807, 2.05) is 48.5 Å². The summed E-state index contributed by atoms with van der Waals surface area (Å²) < 4.78 is 6.60. The lowest BCUT2D eigenvalue weighted by Gasteiger charge is -2.20. The van der Waals surface area contributed by atoms with E-state index < -0.39 is 5.97 Å². The highest BCUT2D eigenvalue weighted by Crippen LogP contribution is 2.24. The van der Waals surface area contributed by atoms with Gasteiger partial charge < -0.3 is 10.1 Å². The first-order chi connectivity index (χ1) is 17.0. The number of aromatic nitrogens is 2. The Morgan fingerprint density at radius 1 is 0.971 bits per heavy atom. The van der Waals surface area contributed by atoms with Crippen LogP contribution in [-0.4, -0.2) is 28.3 Å². The van der Waals surface area contributed by atoms with Crippen molar-refractivity contribution in [1.29, 1.82) is 0 Å². The van der Waals surface area contributed by atoms with Crippen LogP contribution in [0.4, 0.5) is 0 Å². The molecule has 1 atom stereocenters. The van der Waals surface area contributed by atoms with E-state index in [1.54, 1.807) is 42.8 Å². The summed E-state index contributed by atoms with van der Waals surface area (Å²) in [6.45, 7) is 3.73. The average molecular weight is 488 g/mol. The van der Waals surface area contributed by atoms with Crippen molar-refractivity contribution in [2.45, 2.75) is 26.3 Å². The van der Waals surface area contributed by atoms with Crippen LogP contribution in [0.15, 0.2) is 84.9 Å². The van der Waals surface area contributed by atoms with Crippen molar-refractivity contribution in [3.8, 4) is 5.69 Å². The smallest absolute Gasteiger partial charge is 0.360 e. The summed E-state index contributed by atoms with van der Waals surface area (Å²) in [4.78, 5) is 25.3. The van der Waals surface area contributed by atoms with Gasteiger partial charge in [-0.2, -0.15) is 5.10 Å². The molecule has 0 bridgehead atoms. The molecule has 1 heterocycles. The molecule has 4 aromatic rings. The highest BCUT2D eigenvalue weighted by molar-refractivity contribution is 6.34. The molecule has 1 N–H and O–H groups in total. The fraction of sp³-hybridized carbons (Fsp3) is 0.179. The second-order valence-corrected chi connectivity index (χ2v) is 8.43. The summed E-state index contributed by atoms with van der Waals surface area (Å²) in [5.41, 5.74) is 4.05. The van der Waals surface area contributed by atoms with Crippen LogP contribution in [-0.2, 0) is 11.2 Å². The highest BCUT2D eigenvalue weighted by atomic mass is 35.5. The number of amides is 1. The maximum absolute atomic E-state index is 13.1. The van der Waals surface area contributed by atoms with Crippen molar-refractivity contribution >= 4 is 23.5 Å². The second-order valence-electron chi connectivity index (χ2n) is 8.05. The number of carbonyl (C=O) groups is 2. The van der Waals surface area contributed by atoms with Gasteiger partial charge in [-0.15, -0.1) is 0 Å². The minimum absolute atomic E-state index is 0.0689. The van der Waals surface area contributed by atoms with Crippen LogP contribution in [0, 0.1) is 6.92 Å². The minimum atomic E-state index is -0.569. The predicted octanol–water partition coefficient (Wildman–Crippen LogP) is 5.72. The van der Waals surface area contributed by atoms with Gasteiger partial charge in [-0.3, -0.25) is 4.79 Å². The third-order valence-corrected chi connectivity index (χ3v) is 6.13. The molecule has 0 aliphatic rings. The Kier molecular flexibility index (Phi) is 7.63. The Morgan fingerprint density at radius 3 is 2.23 bits per heavy atom. The molecular weight excluding hydrogens is 462 g/mol. The van der Waals surface area contributed by atoms with E-state index in [2.05, 4.69) is 22.5 Å². The van der Waals surface area contributed by atoms with Crippen LogP contribution in [0.3, 0.4) is 0 Å². The fourth-order valence-corrected chi connectivity index (χ4v) is 4.04. The summed E-state index contributed by atoms with van der Waals surface area (Å²) in [6, 6.07) is 26.8. The first kappa shape index (κ1) is 24.2. The Bertz CT molecular complexity index is 1300. The first-order valence-corrected chi connectivity index (χ1v) is 11.8. The number of hydrogen-bond donors (Lipinski definition) is 1. The standard InChI is InChI=1S/C28H26ClN3O3/c1-3-35-28(34)26-25(29)19(2)32(31-26)23-16-14-22(15-17-23)27(33)30-24(21-12-8-5-9-13-21)18-20-10-6-4-7-11-20/h4-17,24H,3,18H2,1-2H3,(H,30,33)/t24-/m1/s1. The van der Waals surface area contributed by atoms with Gasteiger partial charge in [0.2, 0.25) is 0 Å². The van der Waals surface area contributed by atoms with E-state index in [0.717, 1.165) is 11.1 Å². The maximum atomic E-state index is 13.1. The summed E-state index contributed by atoms with van der Waals surface area (Å²) in [5, 5.41) is 7.73. The number of carbonyl (C=O) groups excluding carboxylic acids is 2. The number of nitrogens with zero attached hydrogens (tertiary/aromatic N) is 2. The molecule has 3 aromatic carbocycles. The molecule has 178 valence electrons. The van der Waals surface area contributed by atoms with E-state index in [1.165, 1.54) is 0 Å². The van der Waals surface area contributed by atoms with Crippen LogP contribution in [0.1, 0.15) is 50.6 Å². The number of rotatable bonds is 8. The summed E-state index contributed by atoms with van der Waals surface area (Å²) in [6.07, 6.45) is 0.677. The zero-order chi connectivity index (χ0) is 24.8. The number of nitrogens with one attached hydrogen (secondary N) is 1. The zero-order valence-electron chi connectivity index (χ0n) is 19.6. The maximum Gasteiger partial charge on any atom is 0.360 e. The van der Waals surface area contributed by atoms with Crippen molar-refractivity contribution in [3.63, 3.8) is 0 Å². The van der Waals surface area contributed by atoms with Gasteiger partial charge >= 0.3 is 5.97 Å². The van der Waals surface area contributed by atoms with Crippen LogP contribution in [0.25, 0.3) is 5.69 Å². The molecule has 0 saturated heterocycles. The van der Waals surface area contributed by atoms with E-state index >= 15 is 0 Å². The van der Waals surface area contributed by atoms with Gasteiger partial charge in [0.15, 0.2) is 5.69 Å². The van der Waals surface area contributed by atoms with E-state index in [0.29, 0.717) is 23.4 Å². The number of ether oxygens (including phenoxy) is 1. The molecule has 0 aliphatic heterocycles. The Hall–Kier alpha value is -3.90. The van der Waals surface area contributed by atoms with E-state index in [9.17, 15) is 9.59 Å². The molecule has 0 aliphatic carbocycles. The van der Waals surface area contributed by atoms with Crippen molar-refractivity contribution in [1.82, 2.24) is 15.1 Å². The molecule has 0 fully saturated rings. The number of hydrogen-bond acceptors (Lipinski definition) is 4. The normalized spacial score (nSPS) is 11.6. The van der Waals surface area contributed by atoms with Gasteiger partial charge in [-0.1, -0.05) is 72.3 Å². The molecule has 4 rings (SSSR count). The van der Waals surface area contributed by atoms with E-state index in [-0.39, 0.29) is 29.3 Å². The number of benzene rings is 3. The molecule has 0 unspecified atom stereocenters. The van der Waals surface area contributed by atoms with Crippen LogP contribution in [0.2, 0.25) is 5.02 Å². The van der Waals surface area contributed by atoms with Crippen molar-refractivity contribution < 1.29 is 14.3 Å². The van der Waals surface area contributed by atoms with Crippen LogP contribution < -0.4 is 5.32 Å². The third kappa shape index (κ3) is 5.61. The fourth-order valence-electron chi connectivity index (χ4n) is 3.85. The van der Waals surface area contributed by atoms with Crippen molar-refractivity contribution in [3.05, 3.63) is 118 Å². The topological polar surface area (TPSA) is 73.2 Å². The Labute approximate surface area is 209 Å². The monoisotopic (exact) mass is 487 g/mol. The van der Waals surface area contributed by atoms with Gasteiger partial charge in [0, 0.05) is 5.56 Å². The molecule has 6 nitrogen and oxygen atoms in total. The highest BCUT2D eigenvalue weighted by Gasteiger charge is 2.22. The largest absolute Gasteiger partial charge is 0.461 e. The third-order valence-electron chi connectivity index (χ3n) is 5.68. The SMILES string of the molecule is CCOC(=O)c1nn(-c2ccc(C(=O)N[C@H](Cc3ccccc3)c3ccccc3)cc2)c(C)c1Cl. The lowest BCUT2D eigenvalue weighted by molar-refractivity contribution is 0.0519. The van der Waals surface area contributed by atoms with Crippen LogP contribution >= 0.6 is 11.6 Å². The molecule has 0 saturated carbocycles. The molecule has 1 amide bonds. The number of halogens is 1. The Morgan fingerprint density at radius 2 is 1.60 bits per heavy atom. The van der Waals surface area contributed by atoms with Gasteiger partial charge in [-0.05, 0) is 55.7 Å². The lowest BCUT2D eigenvalue weighted by Crippen LogP contribution is -2.30. The average Bonchev–Trinajstić information content (AvgIpc) is 3.19. The van der Waals surface area contributed by atoms with E-state index in [4.69, 9.17) is 16.3 Å². The van der Waals surface area contributed by atoms with Gasteiger partial charge in [0.1, 0.15) is 0 Å². The quantitative estimate of drug-likeness (QED) is 0.322. The lowest BCUT2D eigenvalue weighted by atomic mass is 9.98. The first-order valence-electron chi connectivity index (χ1n) is 11.4. The van der Waals surface area contributed by atoms with Crippen molar-refractivity contribution in [2.24, 2.45) is 0 Å².